The zero-order chi connectivity index (χ0) is 14.8. The van der Waals surface area contributed by atoms with Crippen LogP contribution in [0.5, 0.6) is 0 Å². The summed E-state index contributed by atoms with van der Waals surface area (Å²) in [6.07, 6.45) is 1.66. The fraction of sp³-hybridized carbons (Fsp3) is 0.500. The van der Waals surface area contributed by atoms with E-state index in [1.54, 1.807) is 0 Å². The zero-order valence-corrected chi connectivity index (χ0v) is 12.6. The first-order valence-electron chi connectivity index (χ1n) is 7.55. The minimum absolute atomic E-state index is 0.0350. The average molecular weight is 287 g/mol. The van der Waals surface area contributed by atoms with E-state index in [1.807, 2.05) is 13.0 Å². The molecule has 1 fully saturated rings. The van der Waals surface area contributed by atoms with Crippen LogP contribution < -0.4 is 4.90 Å². The number of fused-ring (bicyclic) bond motifs is 1. The largest absolute Gasteiger partial charge is 0.466 e. The number of piperidine rings is 1. The molecule has 1 N–H and O–H groups in total. The Hall–Kier alpha value is -2.04. The Balaban J connectivity index is 1.69. The van der Waals surface area contributed by atoms with Gasteiger partial charge in [0.2, 0.25) is 5.95 Å². The number of hydrogen-bond donors (Lipinski definition) is 1. The first-order chi connectivity index (χ1) is 10.2. The number of ether oxygens (including phenoxy) is 1. The summed E-state index contributed by atoms with van der Waals surface area (Å²) in [4.78, 5) is 22.0. The van der Waals surface area contributed by atoms with Crippen LogP contribution in [0.1, 0.15) is 25.3 Å². The van der Waals surface area contributed by atoms with Crippen LogP contribution >= 0.6 is 0 Å². The van der Waals surface area contributed by atoms with Crippen molar-refractivity contribution >= 4 is 23.0 Å². The molecular weight excluding hydrogens is 266 g/mol. The van der Waals surface area contributed by atoms with E-state index >= 15 is 0 Å². The molecule has 0 spiro atoms. The number of H-pyrrole nitrogens is 1. The van der Waals surface area contributed by atoms with Crippen LogP contribution in [0.25, 0.3) is 11.0 Å². The monoisotopic (exact) mass is 287 g/mol. The lowest BCUT2D eigenvalue weighted by atomic mass is 9.97. The van der Waals surface area contributed by atoms with Crippen molar-refractivity contribution in [3.63, 3.8) is 0 Å². The zero-order valence-electron chi connectivity index (χ0n) is 12.6. The third-order valence-electron chi connectivity index (χ3n) is 4.04. The first-order valence-corrected chi connectivity index (χ1v) is 7.55. The van der Waals surface area contributed by atoms with Gasteiger partial charge in [0.25, 0.3) is 0 Å². The number of aryl methyl sites for hydroxylation is 1. The Kier molecular flexibility index (Phi) is 3.82. The van der Waals surface area contributed by atoms with Crippen LogP contribution in [0.4, 0.5) is 5.95 Å². The van der Waals surface area contributed by atoms with Crippen molar-refractivity contribution in [2.75, 3.05) is 24.6 Å². The number of hydrogen-bond acceptors (Lipinski definition) is 4. The highest BCUT2D eigenvalue weighted by Crippen LogP contribution is 2.24. The Labute approximate surface area is 124 Å². The van der Waals surface area contributed by atoms with E-state index in [1.165, 1.54) is 5.56 Å². The Bertz CT molecular complexity index is 642. The molecule has 0 saturated carbocycles. The van der Waals surface area contributed by atoms with Crippen LogP contribution in [0.2, 0.25) is 0 Å². The maximum absolute atomic E-state index is 11.8. The molecule has 0 aliphatic carbocycles. The van der Waals surface area contributed by atoms with E-state index in [2.05, 4.69) is 33.9 Å². The predicted octanol–water partition coefficient (Wildman–Crippen LogP) is 2.65. The number of nitrogens with one attached hydrogen (secondary N) is 1. The van der Waals surface area contributed by atoms with Gasteiger partial charge in [-0.3, -0.25) is 4.79 Å². The molecule has 1 aromatic carbocycles. The first kappa shape index (κ1) is 13.9. The van der Waals surface area contributed by atoms with E-state index in [4.69, 9.17) is 4.74 Å². The van der Waals surface area contributed by atoms with Crippen molar-refractivity contribution in [3.8, 4) is 0 Å². The second-order valence-electron chi connectivity index (χ2n) is 5.59. The van der Waals surface area contributed by atoms with E-state index < -0.39 is 0 Å². The van der Waals surface area contributed by atoms with Crippen LogP contribution in [0, 0.1) is 12.8 Å². The Morgan fingerprint density at radius 3 is 2.90 bits per heavy atom. The number of imidazole rings is 1. The Morgan fingerprint density at radius 1 is 1.43 bits per heavy atom. The molecule has 2 aromatic rings. The summed E-state index contributed by atoms with van der Waals surface area (Å²) in [7, 11) is 0. The topological polar surface area (TPSA) is 58.2 Å². The summed E-state index contributed by atoms with van der Waals surface area (Å²) in [6.45, 7) is 6.06. The van der Waals surface area contributed by atoms with Crippen molar-refractivity contribution in [2.24, 2.45) is 5.92 Å². The third-order valence-corrected chi connectivity index (χ3v) is 4.04. The van der Waals surface area contributed by atoms with Gasteiger partial charge in [-0.05, 0) is 44.4 Å². The highest BCUT2D eigenvalue weighted by molar-refractivity contribution is 5.78. The summed E-state index contributed by atoms with van der Waals surface area (Å²) < 4.78 is 5.10. The van der Waals surface area contributed by atoms with Gasteiger partial charge in [-0.15, -0.1) is 0 Å². The van der Waals surface area contributed by atoms with Gasteiger partial charge in [-0.1, -0.05) is 6.07 Å². The minimum Gasteiger partial charge on any atom is -0.466 e. The number of aromatic nitrogens is 2. The molecule has 0 atom stereocenters. The lowest BCUT2D eigenvalue weighted by molar-refractivity contribution is -0.148. The quantitative estimate of drug-likeness (QED) is 0.882. The normalized spacial score (nSPS) is 16.4. The molecule has 2 heterocycles. The number of rotatable bonds is 3. The number of anilines is 1. The van der Waals surface area contributed by atoms with Gasteiger partial charge in [-0.2, -0.15) is 0 Å². The van der Waals surface area contributed by atoms with E-state index in [0.717, 1.165) is 42.9 Å². The fourth-order valence-corrected chi connectivity index (χ4v) is 2.85. The second kappa shape index (κ2) is 5.76. The Morgan fingerprint density at radius 2 is 2.19 bits per heavy atom. The van der Waals surface area contributed by atoms with Crippen molar-refractivity contribution in [1.29, 1.82) is 0 Å². The summed E-state index contributed by atoms with van der Waals surface area (Å²) in [5.74, 6) is 0.878. The van der Waals surface area contributed by atoms with Gasteiger partial charge >= 0.3 is 5.97 Å². The van der Waals surface area contributed by atoms with Gasteiger partial charge in [-0.25, -0.2) is 4.98 Å². The summed E-state index contributed by atoms with van der Waals surface area (Å²) in [5.41, 5.74) is 3.28. The van der Waals surface area contributed by atoms with E-state index in [0.29, 0.717) is 6.61 Å². The van der Waals surface area contributed by atoms with Crippen molar-refractivity contribution in [2.45, 2.75) is 26.7 Å². The second-order valence-corrected chi connectivity index (χ2v) is 5.59. The van der Waals surface area contributed by atoms with Gasteiger partial charge in [0, 0.05) is 13.1 Å². The molecule has 0 bridgehead atoms. The van der Waals surface area contributed by atoms with Crippen LogP contribution in [0.15, 0.2) is 18.2 Å². The molecule has 0 radical (unpaired) electrons. The molecule has 1 aliphatic heterocycles. The predicted molar refractivity (Wildman–Crippen MR) is 82.4 cm³/mol. The maximum Gasteiger partial charge on any atom is 0.309 e. The van der Waals surface area contributed by atoms with Crippen molar-refractivity contribution in [3.05, 3.63) is 23.8 Å². The third kappa shape index (κ3) is 2.86. The van der Waals surface area contributed by atoms with Gasteiger partial charge in [0.15, 0.2) is 0 Å². The average Bonchev–Trinajstić information content (AvgIpc) is 2.90. The molecule has 1 aromatic heterocycles. The van der Waals surface area contributed by atoms with Crippen LogP contribution in [0.3, 0.4) is 0 Å². The fourth-order valence-electron chi connectivity index (χ4n) is 2.85. The minimum atomic E-state index is -0.0580. The molecule has 21 heavy (non-hydrogen) atoms. The maximum atomic E-state index is 11.8. The summed E-state index contributed by atoms with van der Waals surface area (Å²) in [6, 6.07) is 6.22. The molecule has 3 rings (SSSR count). The summed E-state index contributed by atoms with van der Waals surface area (Å²) in [5, 5.41) is 0. The van der Waals surface area contributed by atoms with Gasteiger partial charge < -0.3 is 14.6 Å². The van der Waals surface area contributed by atoms with E-state index in [9.17, 15) is 4.79 Å². The lowest BCUT2D eigenvalue weighted by Crippen LogP contribution is -2.37. The number of carbonyl (C=O) groups is 1. The molecular formula is C16H21N3O2. The van der Waals surface area contributed by atoms with Gasteiger partial charge in [0.1, 0.15) is 0 Å². The highest BCUT2D eigenvalue weighted by atomic mass is 16.5. The molecule has 0 unspecified atom stereocenters. The number of benzene rings is 1. The van der Waals surface area contributed by atoms with Gasteiger partial charge in [0.05, 0.1) is 23.6 Å². The standard InChI is InChI=1S/C16H21N3O2/c1-3-21-15(20)12-6-8-19(9-7-12)16-17-13-5-4-11(2)10-14(13)18-16/h4-5,10,12H,3,6-9H2,1-2H3,(H,17,18). The SMILES string of the molecule is CCOC(=O)C1CCN(c2nc3ccc(C)cc3[nH]2)CC1. The van der Waals surface area contributed by atoms with Crippen molar-refractivity contribution < 1.29 is 9.53 Å². The summed E-state index contributed by atoms with van der Waals surface area (Å²) >= 11 is 0. The number of nitrogens with zero attached hydrogens (tertiary/aromatic N) is 2. The molecule has 0 amide bonds. The lowest BCUT2D eigenvalue weighted by Gasteiger charge is -2.30. The molecule has 1 saturated heterocycles. The highest BCUT2D eigenvalue weighted by Gasteiger charge is 2.27. The molecule has 112 valence electrons. The number of aromatic amines is 1. The van der Waals surface area contributed by atoms with E-state index in [-0.39, 0.29) is 11.9 Å². The van der Waals surface area contributed by atoms with Crippen molar-refractivity contribution in [1.82, 2.24) is 9.97 Å². The molecule has 5 nitrogen and oxygen atoms in total. The number of esters is 1. The molecule has 5 heteroatoms. The number of carbonyl (C=O) groups excluding carboxylic acids is 1. The van der Waals surface area contributed by atoms with Crippen LogP contribution in [-0.2, 0) is 9.53 Å². The smallest absolute Gasteiger partial charge is 0.309 e. The van der Waals surface area contributed by atoms with Crippen LogP contribution in [-0.4, -0.2) is 35.6 Å². The molecule has 1 aliphatic rings.